The SMILES string of the molecule is CCCC(NCC(CC)CC)c1cccc([N+](=O)[O-])c1. The van der Waals surface area contributed by atoms with Crippen molar-refractivity contribution in [2.75, 3.05) is 6.54 Å². The lowest BCUT2D eigenvalue weighted by Gasteiger charge is -2.22. The van der Waals surface area contributed by atoms with Crippen molar-refractivity contribution in [3.05, 3.63) is 39.9 Å². The van der Waals surface area contributed by atoms with Crippen molar-refractivity contribution in [2.24, 2.45) is 5.92 Å². The second-order valence-electron chi connectivity index (χ2n) is 5.28. The van der Waals surface area contributed by atoms with Crippen LogP contribution in [0.25, 0.3) is 0 Å². The molecule has 0 aliphatic carbocycles. The Labute approximate surface area is 121 Å². The second kappa shape index (κ2) is 8.69. The molecular weight excluding hydrogens is 252 g/mol. The van der Waals surface area contributed by atoms with Crippen LogP contribution in [0.4, 0.5) is 5.69 Å². The van der Waals surface area contributed by atoms with Gasteiger partial charge in [-0.15, -0.1) is 0 Å². The van der Waals surface area contributed by atoms with E-state index in [1.807, 2.05) is 6.07 Å². The summed E-state index contributed by atoms with van der Waals surface area (Å²) < 4.78 is 0. The van der Waals surface area contributed by atoms with Gasteiger partial charge in [0.2, 0.25) is 0 Å². The van der Waals surface area contributed by atoms with Gasteiger partial charge >= 0.3 is 0 Å². The average Bonchev–Trinajstić information content (AvgIpc) is 2.47. The zero-order valence-electron chi connectivity index (χ0n) is 12.8. The minimum atomic E-state index is -0.326. The Balaban J connectivity index is 2.79. The van der Waals surface area contributed by atoms with Crippen LogP contribution in [0.1, 0.15) is 58.1 Å². The molecule has 0 amide bonds. The van der Waals surface area contributed by atoms with Gasteiger partial charge in [0.15, 0.2) is 0 Å². The molecule has 0 bridgehead atoms. The highest BCUT2D eigenvalue weighted by atomic mass is 16.6. The molecule has 1 atom stereocenters. The molecule has 0 spiro atoms. The Hall–Kier alpha value is -1.42. The molecule has 1 aromatic rings. The van der Waals surface area contributed by atoms with E-state index in [1.165, 1.54) is 0 Å². The Morgan fingerprint density at radius 1 is 1.25 bits per heavy atom. The largest absolute Gasteiger partial charge is 0.310 e. The molecule has 0 aliphatic rings. The summed E-state index contributed by atoms with van der Waals surface area (Å²) in [6.45, 7) is 7.53. The smallest absolute Gasteiger partial charge is 0.269 e. The third-order valence-electron chi connectivity index (χ3n) is 3.87. The number of benzene rings is 1. The minimum absolute atomic E-state index is 0.174. The van der Waals surface area contributed by atoms with Gasteiger partial charge in [-0.05, 0) is 24.4 Å². The molecule has 1 unspecified atom stereocenters. The molecule has 0 fully saturated rings. The van der Waals surface area contributed by atoms with Gasteiger partial charge in [0.25, 0.3) is 5.69 Å². The predicted molar refractivity (Wildman–Crippen MR) is 82.8 cm³/mol. The molecule has 112 valence electrons. The number of rotatable bonds is 9. The third kappa shape index (κ3) is 4.93. The highest BCUT2D eigenvalue weighted by molar-refractivity contribution is 5.35. The maximum atomic E-state index is 10.9. The molecule has 4 heteroatoms. The van der Waals surface area contributed by atoms with E-state index in [2.05, 4.69) is 26.1 Å². The second-order valence-corrected chi connectivity index (χ2v) is 5.28. The van der Waals surface area contributed by atoms with Crippen LogP contribution in [0.15, 0.2) is 24.3 Å². The van der Waals surface area contributed by atoms with Gasteiger partial charge in [0.1, 0.15) is 0 Å². The number of nitro groups is 1. The van der Waals surface area contributed by atoms with Crippen LogP contribution >= 0.6 is 0 Å². The number of nitro benzene ring substituents is 1. The number of nitrogens with one attached hydrogen (secondary N) is 1. The molecule has 0 aromatic heterocycles. The fourth-order valence-corrected chi connectivity index (χ4v) is 2.42. The first-order chi connectivity index (χ1) is 9.62. The average molecular weight is 278 g/mol. The fraction of sp³-hybridized carbons (Fsp3) is 0.625. The molecular formula is C16H26N2O2. The van der Waals surface area contributed by atoms with Crippen LogP contribution in [-0.2, 0) is 0 Å². The quantitative estimate of drug-likeness (QED) is 0.536. The molecule has 1 N–H and O–H groups in total. The van der Waals surface area contributed by atoms with Crippen molar-refractivity contribution >= 4 is 5.69 Å². The first-order valence-corrected chi connectivity index (χ1v) is 7.60. The zero-order valence-corrected chi connectivity index (χ0v) is 12.8. The lowest BCUT2D eigenvalue weighted by Crippen LogP contribution is -2.27. The minimum Gasteiger partial charge on any atom is -0.310 e. The van der Waals surface area contributed by atoms with Crippen LogP contribution in [-0.4, -0.2) is 11.5 Å². The van der Waals surface area contributed by atoms with Crippen LogP contribution in [0.2, 0.25) is 0 Å². The topological polar surface area (TPSA) is 55.2 Å². The van der Waals surface area contributed by atoms with E-state index in [1.54, 1.807) is 18.2 Å². The van der Waals surface area contributed by atoms with Crippen molar-refractivity contribution in [3.8, 4) is 0 Å². The summed E-state index contributed by atoms with van der Waals surface area (Å²) in [7, 11) is 0. The Bertz CT molecular complexity index is 417. The van der Waals surface area contributed by atoms with Crippen molar-refractivity contribution in [1.82, 2.24) is 5.32 Å². The molecule has 0 saturated carbocycles. The summed E-state index contributed by atoms with van der Waals surface area (Å²) in [6, 6.07) is 7.20. The van der Waals surface area contributed by atoms with Crippen LogP contribution in [0.5, 0.6) is 0 Å². The first kappa shape index (κ1) is 16.6. The molecule has 20 heavy (non-hydrogen) atoms. The Kier molecular flexibility index (Phi) is 7.23. The maximum absolute atomic E-state index is 10.9. The predicted octanol–water partition coefficient (Wildman–Crippen LogP) is 4.46. The van der Waals surface area contributed by atoms with Gasteiger partial charge in [0, 0.05) is 18.2 Å². The van der Waals surface area contributed by atoms with Gasteiger partial charge in [-0.2, -0.15) is 0 Å². The van der Waals surface area contributed by atoms with E-state index in [4.69, 9.17) is 0 Å². The van der Waals surface area contributed by atoms with Gasteiger partial charge in [-0.3, -0.25) is 10.1 Å². The zero-order chi connectivity index (χ0) is 15.0. The van der Waals surface area contributed by atoms with Crippen molar-refractivity contribution in [3.63, 3.8) is 0 Å². The third-order valence-corrected chi connectivity index (χ3v) is 3.87. The summed E-state index contributed by atoms with van der Waals surface area (Å²) in [4.78, 5) is 10.6. The summed E-state index contributed by atoms with van der Waals surface area (Å²) in [5.41, 5.74) is 1.19. The van der Waals surface area contributed by atoms with Gasteiger partial charge in [-0.1, -0.05) is 52.2 Å². The summed E-state index contributed by atoms with van der Waals surface area (Å²) in [6.07, 6.45) is 4.39. The van der Waals surface area contributed by atoms with E-state index in [0.29, 0.717) is 5.92 Å². The maximum Gasteiger partial charge on any atom is 0.269 e. The molecule has 0 aliphatic heterocycles. The van der Waals surface area contributed by atoms with E-state index < -0.39 is 0 Å². The Morgan fingerprint density at radius 3 is 2.50 bits per heavy atom. The number of non-ortho nitro benzene ring substituents is 1. The lowest BCUT2D eigenvalue weighted by atomic mass is 9.99. The van der Waals surface area contributed by atoms with Gasteiger partial charge in [0.05, 0.1) is 4.92 Å². The van der Waals surface area contributed by atoms with Crippen molar-refractivity contribution in [1.29, 1.82) is 0 Å². The lowest BCUT2D eigenvalue weighted by molar-refractivity contribution is -0.384. The van der Waals surface area contributed by atoms with E-state index in [-0.39, 0.29) is 16.7 Å². The first-order valence-electron chi connectivity index (χ1n) is 7.60. The standard InChI is InChI=1S/C16H26N2O2/c1-4-8-16(17-12-13(5-2)6-3)14-9-7-10-15(11-14)18(19)20/h7,9-11,13,16-17H,4-6,8,12H2,1-3H3. The summed E-state index contributed by atoms with van der Waals surface area (Å²) >= 11 is 0. The van der Waals surface area contributed by atoms with Crippen LogP contribution in [0, 0.1) is 16.0 Å². The molecule has 0 saturated heterocycles. The van der Waals surface area contributed by atoms with Crippen molar-refractivity contribution in [2.45, 2.75) is 52.5 Å². The molecule has 4 nitrogen and oxygen atoms in total. The van der Waals surface area contributed by atoms with E-state index >= 15 is 0 Å². The number of hydrogen-bond donors (Lipinski definition) is 1. The Morgan fingerprint density at radius 2 is 1.95 bits per heavy atom. The number of hydrogen-bond acceptors (Lipinski definition) is 3. The van der Waals surface area contributed by atoms with Gasteiger partial charge < -0.3 is 5.32 Å². The number of nitrogens with zero attached hydrogens (tertiary/aromatic N) is 1. The monoisotopic (exact) mass is 278 g/mol. The fourth-order valence-electron chi connectivity index (χ4n) is 2.42. The van der Waals surface area contributed by atoms with Crippen LogP contribution < -0.4 is 5.32 Å². The van der Waals surface area contributed by atoms with E-state index in [9.17, 15) is 10.1 Å². The summed E-state index contributed by atoms with van der Waals surface area (Å²) in [5, 5.41) is 14.5. The summed E-state index contributed by atoms with van der Waals surface area (Å²) in [5.74, 6) is 0.674. The highest BCUT2D eigenvalue weighted by Gasteiger charge is 2.15. The molecule has 0 heterocycles. The molecule has 0 radical (unpaired) electrons. The van der Waals surface area contributed by atoms with E-state index in [0.717, 1.165) is 37.8 Å². The van der Waals surface area contributed by atoms with Crippen LogP contribution in [0.3, 0.4) is 0 Å². The molecule has 1 aromatic carbocycles. The van der Waals surface area contributed by atoms with Crippen molar-refractivity contribution < 1.29 is 4.92 Å². The highest BCUT2D eigenvalue weighted by Crippen LogP contribution is 2.23. The molecule has 1 rings (SSSR count). The van der Waals surface area contributed by atoms with Gasteiger partial charge in [-0.25, -0.2) is 0 Å². The normalized spacial score (nSPS) is 12.6.